The molecule has 1 atom stereocenters. The molecular weight excluding hydrogens is 294 g/mol. The Labute approximate surface area is 125 Å². The summed E-state index contributed by atoms with van der Waals surface area (Å²) in [4.78, 5) is 23.2. The zero-order valence-electron chi connectivity index (χ0n) is 12.3. The van der Waals surface area contributed by atoms with Crippen molar-refractivity contribution in [3.8, 4) is 0 Å². The second-order valence-corrected chi connectivity index (χ2v) is 7.72. The first-order chi connectivity index (χ1) is 9.94. The SMILES string of the molecule is CCC1C(=O)NC(=O)CN1S(=O)(=O)CCC1CCNCC1. The maximum atomic E-state index is 12.5. The summed E-state index contributed by atoms with van der Waals surface area (Å²) in [6.07, 6.45) is 2.91. The molecule has 0 radical (unpaired) electrons. The van der Waals surface area contributed by atoms with Gasteiger partial charge >= 0.3 is 0 Å². The van der Waals surface area contributed by atoms with Crippen LogP contribution in [0.1, 0.15) is 32.6 Å². The largest absolute Gasteiger partial charge is 0.317 e. The molecule has 0 aromatic carbocycles. The fourth-order valence-corrected chi connectivity index (χ4v) is 4.74. The van der Waals surface area contributed by atoms with E-state index >= 15 is 0 Å². The van der Waals surface area contributed by atoms with E-state index in [1.54, 1.807) is 6.92 Å². The topological polar surface area (TPSA) is 95.6 Å². The fraction of sp³-hybridized carbons (Fsp3) is 0.846. The fourth-order valence-electron chi connectivity index (χ4n) is 2.93. The lowest BCUT2D eigenvalue weighted by Gasteiger charge is -2.33. The van der Waals surface area contributed by atoms with Gasteiger partial charge in [-0.25, -0.2) is 8.42 Å². The third-order valence-corrected chi connectivity index (χ3v) is 6.05. The van der Waals surface area contributed by atoms with Crippen molar-refractivity contribution in [2.24, 2.45) is 5.92 Å². The van der Waals surface area contributed by atoms with Crippen LogP contribution in [0.25, 0.3) is 0 Å². The summed E-state index contributed by atoms with van der Waals surface area (Å²) in [5.74, 6) is -0.654. The van der Waals surface area contributed by atoms with Crippen molar-refractivity contribution in [2.45, 2.75) is 38.6 Å². The predicted octanol–water partition coefficient (Wildman–Crippen LogP) is -0.557. The van der Waals surface area contributed by atoms with E-state index in [1.807, 2.05) is 0 Å². The van der Waals surface area contributed by atoms with Crippen LogP contribution in [-0.4, -0.2) is 56.0 Å². The van der Waals surface area contributed by atoms with Crippen LogP contribution in [0.15, 0.2) is 0 Å². The molecule has 2 saturated heterocycles. The Bertz CT molecular complexity index is 500. The van der Waals surface area contributed by atoms with Crippen LogP contribution in [-0.2, 0) is 19.6 Å². The van der Waals surface area contributed by atoms with E-state index in [0.717, 1.165) is 30.2 Å². The first kappa shape index (κ1) is 16.4. The van der Waals surface area contributed by atoms with E-state index in [-0.39, 0.29) is 12.3 Å². The van der Waals surface area contributed by atoms with E-state index in [0.29, 0.717) is 18.8 Å². The van der Waals surface area contributed by atoms with Crippen LogP contribution in [0.3, 0.4) is 0 Å². The van der Waals surface area contributed by atoms with Crippen molar-refractivity contribution in [3.63, 3.8) is 0 Å². The molecule has 2 fully saturated rings. The lowest BCUT2D eigenvalue weighted by Crippen LogP contribution is -2.59. The number of sulfonamides is 1. The second-order valence-electron chi connectivity index (χ2n) is 5.68. The van der Waals surface area contributed by atoms with Gasteiger partial charge in [-0.15, -0.1) is 0 Å². The van der Waals surface area contributed by atoms with Crippen LogP contribution >= 0.6 is 0 Å². The normalized spacial score (nSPS) is 25.9. The number of piperidine rings is 1. The molecule has 2 aliphatic heterocycles. The number of imide groups is 1. The van der Waals surface area contributed by atoms with Crippen LogP contribution in [0.5, 0.6) is 0 Å². The Morgan fingerprint density at radius 2 is 1.90 bits per heavy atom. The molecule has 2 rings (SSSR count). The number of nitrogens with zero attached hydrogens (tertiary/aromatic N) is 1. The molecule has 2 aliphatic rings. The van der Waals surface area contributed by atoms with Crippen molar-refractivity contribution in [2.75, 3.05) is 25.4 Å². The summed E-state index contributed by atoms with van der Waals surface area (Å²) in [5, 5.41) is 5.44. The predicted molar refractivity (Wildman–Crippen MR) is 77.9 cm³/mol. The summed E-state index contributed by atoms with van der Waals surface area (Å²) in [6, 6.07) is -0.763. The Morgan fingerprint density at radius 3 is 2.52 bits per heavy atom. The van der Waals surface area contributed by atoms with Gasteiger partial charge in [0, 0.05) is 0 Å². The highest BCUT2D eigenvalue weighted by atomic mass is 32.2. The van der Waals surface area contributed by atoms with Crippen LogP contribution in [0, 0.1) is 5.92 Å². The number of hydrogen-bond donors (Lipinski definition) is 2. The number of amides is 2. The van der Waals surface area contributed by atoms with Gasteiger partial charge < -0.3 is 5.32 Å². The number of hydrogen-bond acceptors (Lipinski definition) is 5. The van der Waals surface area contributed by atoms with E-state index in [4.69, 9.17) is 0 Å². The standard InChI is InChI=1S/C13H23N3O4S/c1-2-11-13(18)15-12(17)9-16(11)21(19,20)8-5-10-3-6-14-7-4-10/h10-11,14H,2-9H2,1H3,(H,15,17,18). The number of nitrogens with one attached hydrogen (secondary N) is 2. The molecule has 0 aromatic heterocycles. The minimum Gasteiger partial charge on any atom is -0.317 e. The Morgan fingerprint density at radius 1 is 1.24 bits per heavy atom. The van der Waals surface area contributed by atoms with Crippen LogP contribution in [0.4, 0.5) is 0 Å². The van der Waals surface area contributed by atoms with Gasteiger partial charge in [-0.3, -0.25) is 14.9 Å². The average molecular weight is 317 g/mol. The molecule has 8 heteroatoms. The highest BCUT2D eigenvalue weighted by molar-refractivity contribution is 7.89. The van der Waals surface area contributed by atoms with Gasteiger partial charge in [-0.2, -0.15) is 4.31 Å². The van der Waals surface area contributed by atoms with E-state index in [1.165, 1.54) is 0 Å². The van der Waals surface area contributed by atoms with Gasteiger partial charge in [-0.1, -0.05) is 6.92 Å². The van der Waals surface area contributed by atoms with E-state index < -0.39 is 27.9 Å². The van der Waals surface area contributed by atoms with Crippen molar-refractivity contribution in [1.82, 2.24) is 14.9 Å². The molecule has 2 amide bonds. The lowest BCUT2D eigenvalue weighted by atomic mass is 9.96. The lowest BCUT2D eigenvalue weighted by molar-refractivity contribution is -0.137. The second kappa shape index (κ2) is 6.85. The van der Waals surface area contributed by atoms with Gasteiger partial charge in [0.15, 0.2) is 0 Å². The summed E-state index contributed by atoms with van der Waals surface area (Å²) < 4.78 is 26.0. The molecule has 21 heavy (non-hydrogen) atoms. The molecule has 0 aromatic rings. The van der Waals surface area contributed by atoms with E-state index in [9.17, 15) is 18.0 Å². The van der Waals surface area contributed by atoms with Crippen molar-refractivity contribution in [3.05, 3.63) is 0 Å². The molecule has 0 saturated carbocycles. The van der Waals surface area contributed by atoms with Gasteiger partial charge in [-0.05, 0) is 44.7 Å². The molecular formula is C13H23N3O4S. The van der Waals surface area contributed by atoms with Gasteiger partial charge in [0.05, 0.1) is 12.3 Å². The molecule has 7 nitrogen and oxygen atoms in total. The highest BCUT2D eigenvalue weighted by Gasteiger charge is 2.39. The maximum Gasteiger partial charge on any atom is 0.245 e. The molecule has 2 heterocycles. The van der Waals surface area contributed by atoms with Gasteiger partial charge in [0.1, 0.15) is 6.04 Å². The third-order valence-electron chi connectivity index (χ3n) is 4.20. The Kier molecular flexibility index (Phi) is 5.34. The Hall–Kier alpha value is -0.990. The monoisotopic (exact) mass is 317 g/mol. The van der Waals surface area contributed by atoms with Gasteiger partial charge in [0.25, 0.3) is 0 Å². The minimum absolute atomic E-state index is 0.00866. The number of rotatable bonds is 5. The molecule has 2 N–H and O–H groups in total. The molecule has 0 aliphatic carbocycles. The highest BCUT2D eigenvalue weighted by Crippen LogP contribution is 2.20. The van der Waals surface area contributed by atoms with Crippen molar-refractivity contribution < 1.29 is 18.0 Å². The molecule has 0 bridgehead atoms. The van der Waals surface area contributed by atoms with E-state index in [2.05, 4.69) is 10.6 Å². The maximum absolute atomic E-state index is 12.5. The average Bonchev–Trinajstić information content (AvgIpc) is 2.46. The molecule has 0 spiro atoms. The molecule has 1 unspecified atom stereocenters. The van der Waals surface area contributed by atoms with Crippen molar-refractivity contribution >= 4 is 21.8 Å². The summed E-state index contributed by atoms with van der Waals surface area (Å²) in [7, 11) is -3.58. The third kappa shape index (κ3) is 4.02. The first-order valence-corrected chi connectivity index (χ1v) is 9.09. The smallest absolute Gasteiger partial charge is 0.245 e. The van der Waals surface area contributed by atoms with Gasteiger partial charge in [0.2, 0.25) is 21.8 Å². The Balaban J connectivity index is 2.02. The number of carbonyl (C=O) groups is 2. The summed E-state index contributed by atoms with van der Waals surface area (Å²) >= 11 is 0. The summed E-state index contributed by atoms with van der Waals surface area (Å²) in [6.45, 7) is 3.34. The zero-order valence-corrected chi connectivity index (χ0v) is 13.1. The zero-order chi connectivity index (χ0) is 15.5. The first-order valence-electron chi connectivity index (χ1n) is 7.48. The van der Waals surface area contributed by atoms with Crippen LogP contribution in [0.2, 0.25) is 0 Å². The number of carbonyl (C=O) groups excluding carboxylic acids is 2. The summed E-state index contributed by atoms with van der Waals surface area (Å²) in [5.41, 5.74) is 0. The van der Waals surface area contributed by atoms with Crippen LogP contribution < -0.4 is 10.6 Å². The molecule has 120 valence electrons. The number of piperazine rings is 1. The minimum atomic E-state index is -3.58. The quantitative estimate of drug-likeness (QED) is 0.663. The van der Waals surface area contributed by atoms with Crippen molar-refractivity contribution in [1.29, 1.82) is 0 Å².